The molecular weight excluding hydrogens is 182 g/mol. The summed E-state index contributed by atoms with van der Waals surface area (Å²) in [6.45, 7) is 1.80. The van der Waals surface area contributed by atoms with Crippen molar-refractivity contribution >= 4 is 31.0 Å². The van der Waals surface area contributed by atoms with E-state index in [0.29, 0.717) is 10.7 Å². The topological polar surface area (TPSA) is 25.8 Å². The Hall–Kier alpha value is -0.275. The summed E-state index contributed by atoms with van der Waals surface area (Å²) in [5.41, 5.74) is 0.705. The minimum atomic E-state index is -0.167. The molecule has 1 unspecified atom stereocenters. The SMILES string of the molecule is [B]C(C)c1cnc(Cl)nc1Cl. The molecule has 0 spiro atoms. The summed E-state index contributed by atoms with van der Waals surface area (Å²) in [7, 11) is 5.56. The summed E-state index contributed by atoms with van der Waals surface area (Å²) in [4.78, 5) is 7.49. The first kappa shape index (κ1) is 8.82. The van der Waals surface area contributed by atoms with Gasteiger partial charge in [-0.1, -0.05) is 24.3 Å². The van der Waals surface area contributed by atoms with Gasteiger partial charge in [0, 0.05) is 11.8 Å². The molecular formula is C6H5BCl2N2. The van der Waals surface area contributed by atoms with Gasteiger partial charge in [-0.05, 0) is 11.6 Å². The van der Waals surface area contributed by atoms with Crippen LogP contribution in [0.15, 0.2) is 6.20 Å². The Labute approximate surface area is 76.4 Å². The first-order chi connectivity index (χ1) is 5.11. The molecule has 0 aliphatic rings. The molecule has 1 rings (SSSR count). The molecule has 2 nitrogen and oxygen atoms in total. The lowest BCUT2D eigenvalue weighted by molar-refractivity contribution is 1.01. The van der Waals surface area contributed by atoms with Gasteiger partial charge in [0.25, 0.3) is 0 Å². The molecule has 1 atom stereocenters. The normalized spacial score (nSPS) is 13.0. The van der Waals surface area contributed by atoms with Crippen molar-refractivity contribution in [2.45, 2.75) is 12.7 Å². The second-order valence-corrected chi connectivity index (χ2v) is 2.87. The smallest absolute Gasteiger partial charge is 0.223 e. The summed E-state index contributed by atoms with van der Waals surface area (Å²) in [5.74, 6) is -0.167. The summed E-state index contributed by atoms with van der Waals surface area (Å²) in [5, 5.41) is 0.458. The maximum atomic E-state index is 5.71. The van der Waals surface area contributed by atoms with Gasteiger partial charge in [0.1, 0.15) is 5.15 Å². The van der Waals surface area contributed by atoms with Crippen LogP contribution in [0.3, 0.4) is 0 Å². The van der Waals surface area contributed by atoms with E-state index in [1.807, 2.05) is 0 Å². The van der Waals surface area contributed by atoms with Crippen LogP contribution >= 0.6 is 23.2 Å². The van der Waals surface area contributed by atoms with Gasteiger partial charge in [0.2, 0.25) is 5.28 Å². The molecule has 1 heterocycles. The first-order valence-corrected chi connectivity index (χ1v) is 3.80. The van der Waals surface area contributed by atoms with Crippen molar-refractivity contribution in [3.05, 3.63) is 22.2 Å². The van der Waals surface area contributed by atoms with Gasteiger partial charge in [0.15, 0.2) is 0 Å². The summed E-state index contributed by atoms with van der Waals surface area (Å²) >= 11 is 11.2. The lowest BCUT2D eigenvalue weighted by Gasteiger charge is -2.05. The number of hydrogen-bond donors (Lipinski definition) is 0. The van der Waals surface area contributed by atoms with Crippen molar-refractivity contribution in [3.63, 3.8) is 0 Å². The van der Waals surface area contributed by atoms with Crippen LogP contribution in [-0.2, 0) is 0 Å². The van der Waals surface area contributed by atoms with E-state index in [0.717, 1.165) is 0 Å². The third-order valence-corrected chi connectivity index (χ3v) is 1.71. The Bertz CT molecular complexity index is 265. The van der Waals surface area contributed by atoms with E-state index in [9.17, 15) is 0 Å². The Morgan fingerprint density at radius 1 is 1.55 bits per heavy atom. The van der Waals surface area contributed by atoms with E-state index >= 15 is 0 Å². The molecule has 0 fully saturated rings. The summed E-state index contributed by atoms with van der Waals surface area (Å²) in [6, 6.07) is 0. The van der Waals surface area contributed by atoms with E-state index in [-0.39, 0.29) is 11.1 Å². The Morgan fingerprint density at radius 3 is 2.64 bits per heavy atom. The van der Waals surface area contributed by atoms with E-state index in [1.54, 1.807) is 6.92 Å². The third-order valence-electron chi connectivity index (χ3n) is 1.23. The fourth-order valence-electron chi connectivity index (χ4n) is 0.656. The van der Waals surface area contributed by atoms with Crippen LogP contribution in [0.1, 0.15) is 18.3 Å². The van der Waals surface area contributed by atoms with Crippen molar-refractivity contribution < 1.29 is 0 Å². The highest BCUT2D eigenvalue weighted by Crippen LogP contribution is 2.20. The minimum absolute atomic E-state index is 0.138. The molecule has 56 valence electrons. The zero-order chi connectivity index (χ0) is 8.43. The largest absolute Gasteiger partial charge is 0.226 e. The van der Waals surface area contributed by atoms with Crippen molar-refractivity contribution in [1.82, 2.24) is 9.97 Å². The highest BCUT2D eigenvalue weighted by Gasteiger charge is 2.06. The van der Waals surface area contributed by atoms with Gasteiger partial charge in [-0.15, -0.1) is 0 Å². The minimum Gasteiger partial charge on any atom is -0.226 e. The fraction of sp³-hybridized carbons (Fsp3) is 0.333. The lowest BCUT2D eigenvalue weighted by atomic mass is 9.84. The number of hydrogen-bond acceptors (Lipinski definition) is 2. The summed E-state index contributed by atoms with van der Waals surface area (Å²) in [6.07, 6.45) is 1.53. The van der Waals surface area contributed by atoms with Gasteiger partial charge in [-0.3, -0.25) is 0 Å². The predicted octanol–water partition coefficient (Wildman–Crippen LogP) is 2.01. The molecule has 0 aromatic carbocycles. The van der Waals surface area contributed by atoms with Crippen LogP contribution in [0.5, 0.6) is 0 Å². The first-order valence-electron chi connectivity index (χ1n) is 3.05. The second-order valence-electron chi connectivity index (χ2n) is 2.17. The number of rotatable bonds is 1. The highest BCUT2D eigenvalue weighted by molar-refractivity contribution is 6.32. The van der Waals surface area contributed by atoms with Gasteiger partial charge in [0.05, 0.1) is 7.85 Å². The monoisotopic (exact) mass is 186 g/mol. The van der Waals surface area contributed by atoms with Gasteiger partial charge < -0.3 is 0 Å². The molecule has 0 amide bonds. The van der Waals surface area contributed by atoms with Crippen molar-refractivity contribution in [2.75, 3.05) is 0 Å². The Balaban J connectivity index is 3.09. The Kier molecular flexibility index (Phi) is 2.74. The molecule has 0 N–H and O–H groups in total. The lowest BCUT2D eigenvalue weighted by Crippen LogP contribution is -1.96. The standard InChI is InChI=1S/C6H5BCl2N2/c1-3(7)4-2-10-6(9)11-5(4)8/h2-3H,1H3. The van der Waals surface area contributed by atoms with E-state index in [2.05, 4.69) is 9.97 Å². The van der Waals surface area contributed by atoms with Gasteiger partial charge in [-0.25, -0.2) is 9.97 Å². The van der Waals surface area contributed by atoms with Crippen LogP contribution in [0.4, 0.5) is 0 Å². The maximum absolute atomic E-state index is 5.71. The van der Waals surface area contributed by atoms with Crippen LogP contribution in [0.2, 0.25) is 10.4 Å². The Morgan fingerprint density at radius 2 is 2.18 bits per heavy atom. The van der Waals surface area contributed by atoms with Crippen molar-refractivity contribution in [3.8, 4) is 0 Å². The van der Waals surface area contributed by atoms with Gasteiger partial charge in [-0.2, -0.15) is 0 Å². The third kappa shape index (κ3) is 2.07. The van der Waals surface area contributed by atoms with Crippen LogP contribution in [0.25, 0.3) is 0 Å². The number of halogens is 2. The molecule has 0 bridgehead atoms. The van der Waals surface area contributed by atoms with Crippen LogP contribution in [0, 0.1) is 0 Å². The average molecular weight is 187 g/mol. The number of nitrogens with zero attached hydrogens (tertiary/aromatic N) is 2. The fourth-order valence-corrected chi connectivity index (χ4v) is 1.13. The van der Waals surface area contributed by atoms with E-state index < -0.39 is 0 Å². The molecule has 11 heavy (non-hydrogen) atoms. The quantitative estimate of drug-likeness (QED) is 0.381. The highest BCUT2D eigenvalue weighted by atomic mass is 35.5. The second kappa shape index (κ2) is 3.41. The molecule has 0 saturated carbocycles. The maximum Gasteiger partial charge on any atom is 0.223 e. The van der Waals surface area contributed by atoms with Gasteiger partial charge >= 0.3 is 0 Å². The van der Waals surface area contributed by atoms with Crippen LogP contribution < -0.4 is 0 Å². The molecule has 2 radical (unpaired) electrons. The van der Waals surface area contributed by atoms with E-state index in [4.69, 9.17) is 31.0 Å². The average Bonchev–Trinajstić information content (AvgIpc) is 1.85. The molecule has 1 aromatic rings. The molecule has 0 saturated heterocycles. The van der Waals surface area contributed by atoms with Crippen molar-refractivity contribution in [2.24, 2.45) is 0 Å². The number of aromatic nitrogens is 2. The van der Waals surface area contributed by atoms with Crippen LogP contribution in [-0.4, -0.2) is 17.8 Å². The molecule has 1 aromatic heterocycles. The zero-order valence-corrected chi connectivity index (χ0v) is 7.39. The predicted molar refractivity (Wildman–Crippen MR) is 46.2 cm³/mol. The molecule has 0 aliphatic carbocycles. The molecule has 5 heteroatoms. The van der Waals surface area contributed by atoms with Crippen molar-refractivity contribution in [1.29, 1.82) is 0 Å². The zero-order valence-electron chi connectivity index (χ0n) is 5.88. The van der Waals surface area contributed by atoms with E-state index in [1.165, 1.54) is 6.20 Å². The molecule has 0 aliphatic heterocycles. The summed E-state index contributed by atoms with van der Waals surface area (Å²) < 4.78 is 0.